The molecule has 0 unspecified atom stereocenters. The van der Waals surface area contributed by atoms with E-state index in [0.717, 1.165) is 38.5 Å². The van der Waals surface area contributed by atoms with E-state index in [9.17, 15) is 8.78 Å². The smallest absolute Gasteiger partial charge is 0.162 e. The number of halogens is 2. The first kappa shape index (κ1) is 17.3. The van der Waals surface area contributed by atoms with Crippen LogP contribution in [0.3, 0.4) is 0 Å². The van der Waals surface area contributed by atoms with E-state index in [2.05, 4.69) is 26.3 Å². The summed E-state index contributed by atoms with van der Waals surface area (Å²) in [6.07, 6.45) is 6.28. The lowest BCUT2D eigenvalue weighted by Gasteiger charge is -2.51. The Bertz CT molecular complexity index is 827. The number of hydrogen-bond acceptors (Lipinski definition) is 3. The molecule has 0 saturated carbocycles. The number of benzene rings is 1. The highest BCUT2D eigenvalue weighted by molar-refractivity contribution is 5.29. The second kappa shape index (κ2) is 6.67. The van der Waals surface area contributed by atoms with Gasteiger partial charge in [-0.3, -0.25) is 9.80 Å². The van der Waals surface area contributed by atoms with E-state index >= 15 is 0 Å². The number of rotatable bonds is 4. The highest BCUT2D eigenvalue weighted by Gasteiger charge is 2.53. The van der Waals surface area contributed by atoms with Gasteiger partial charge in [0.05, 0.1) is 6.54 Å². The Labute approximate surface area is 158 Å². The predicted molar refractivity (Wildman–Crippen MR) is 99.3 cm³/mol. The van der Waals surface area contributed by atoms with Crippen LogP contribution in [0.5, 0.6) is 0 Å². The van der Waals surface area contributed by atoms with E-state index in [1.165, 1.54) is 18.9 Å². The minimum Gasteiger partial charge on any atom is -0.334 e. The van der Waals surface area contributed by atoms with Gasteiger partial charge >= 0.3 is 0 Å². The zero-order valence-electron chi connectivity index (χ0n) is 15.7. The van der Waals surface area contributed by atoms with Gasteiger partial charge in [-0.05, 0) is 50.4 Å². The summed E-state index contributed by atoms with van der Waals surface area (Å²) in [6.45, 7) is 6.72. The number of nitrogens with zero attached hydrogens (tertiary/aromatic N) is 4. The minimum absolute atomic E-state index is 0.0128. The topological polar surface area (TPSA) is 24.3 Å². The standard InChI is InChI=1S/C21H26F2N4/c1-2-25-11-8-24-18(25)13-27-12-16(15-4-3-5-17(22)19(15)23)21-20(27)14-6-9-26(21)10-7-14/h3-5,8,11,14,16,20-21H,2,6-7,9-10,12-13H2,1H3/t16-,20+,21+/m1/s1. The maximum Gasteiger partial charge on any atom is 0.162 e. The van der Waals surface area contributed by atoms with Gasteiger partial charge in [0.2, 0.25) is 0 Å². The molecule has 4 nitrogen and oxygen atoms in total. The molecule has 4 aliphatic heterocycles. The number of piperidine rings is 3. The third-order valence-electron chi connectivity index (χ3n) is 6.96. The third kappa shape index (κ3) is 2.72. The molecule has 0 amide bonds. The highest BCUT2D eigenvalue weighted by Crippen LogP contribution is 2.47. The lowest BCUT2D eigenvalue weighted by Crippen LogP contribution is -2.60. The third-order valence-corrected chi connectivity index (χ3v) is 6.96. The van der Waals surface area contributed by atoms with Crippen LogP contribution in [0.1, 0.15) is 37.1 Å². The van der Waals surface area contributed by atoms with Crippen LogP contribution in [-0.2, 0) is 13.1 Å². The van der Waals surface area contributed by atoms with Crippen molar-refractivity contribution in [3.05, 3.63) is 53.6 Å². The van der Waals surface area contributed by atoms with E-state index in [1.54, 1.807) is 12.1 Å². The van der Waals surface area contributed by atoms with Crippen LogP contribution in [0, 0.1) is 17.6 Å². The molecule has 2 bridgehead atoms. The summed E-state index contributed by atoms with van der Waals surface area (Å²) >= 11 is 0. The molecule has 3 atom stereocenters. The molecule has 4 aliphatic rings. The molecule has 27 heavy (non-hydrogen) atoms. The van der Waals surface area contributed by atoms with Gasteiger partial charge in [0.1, 0.15) is 5.82 Å². The molecule has 4 saturated heterocycles. The molecule has 1 aromatic carbocycles. The Kier molecular flexibility index (Phi) is 4.28. The average molecular weight is 372 g/mol. The van der Waals surface area contributed by atoms with Crippen LogP contribution in [0.4, 0.5) is 8.78 Å². The van der Waals surface area contributed by atoms with Crippen LogP contribution in [-0.4, -0.2) is 51.1 Å². The molecule has 2 aromatic rings. The van der Waals surface area contributed by atoms with Crippen molar-refractivity contribution < 1.29 is 8.78 Å². The van der Waals surface area contributed by atoms with E-state index in [-0.39, 0.29) is 12.0 Å². The first-order valence-corrected chi connectivity index (χ1v) is 10.1. The van der Waals surface area contributed by atoms with Gasteiger partial charge in [-0.1, -0.05) is 12.1 Å². The lowest BCUT2D eigenvalue weighted by molar-refractivity contribution is -0.00970. The molecule has 1 aromatic heterocycles. The second-order valence-electron chi connectivity index (χ2n) is 8.16. The van der Waals surface area contributed by atoms with Gasteiger partial charge in [-0.2, -0.15) is 0 Å². The predicted octanol–water partition coefficient (Wildman–Crippen LogP) is 3.24. The molecule has 4 fully saturated rings. The van der Waals surface area contributed by atoms with Crippen molar-refractivity contribution >= 4 is 0 Å². The molecular weight excluding hydrogens is 346 g/mol. The molecule has 5 heterocycles. The Hall–Kier alpha value is -1.79. The fourth-order valence-electron chi connectivity index (χ4n) is 5.76. The van der Waals surface area contributed by atoms with Crippen LogP contribution in [0.15, 0.2) is 30.6 Å². The minimum atomic E-state index is -0.736. The number of aryl methyl sites for hydroxylation is 1. The van der Waals surface area contributed by atoms with Gasteiger partial charge in [-0.25, -0.2) is 13.8 Å². The number of imidazole rings is 1. The zero-order valence-corrected chi connectivity index (χ0v) is 15.7. The number of aromatic nitrogens is 2. The van der Waals surface area contributed by atoms with Crippen LogP contribution in [0.25, 0.3) is 0 Å². The first-order valence-electron chi connectivity index (χ1n) is 10.1. The van der Waals surface area contributed by atoms with E-state index in [1.807, 2.05) is 12.4 Å². The van der Waals surface area contributed by atoms with Gasteiger partial charge in [0.25, 0.3) is 0 Å². The largest absolute Gasteiger partial charge is 0.334 e. The van der Waals surface area contributed by atoms with E-state index < -0.39 is 11.6 Å². The van der Waals surface area contributed by atoms with Crippen LogP contribution >= 0.6 is 0 Å². The quantitative estimate of drug-likeness (QED) is 0.824. The fourth-order valence-corrected chi connectivity index (χ4v) is 5.76. The van der Waals surface area contributed by atoms with Crippen molar-refractivity contribution in [3.8, 4) is 0 Å². The number of likely N-dealkylation sites (tertiary alicyclic amines) is 1. The van der Waals surface area contributed by atoms with Gasteiger partial charge < -0.3 is 4.57 Å². The van der Waals surface area contributed by atoms with Crippen LogP contribution < -0.4 is 0 Å². The maximum atomic E-state index is 14.6. The molecule has 0 N–H and O–H groups in total. The SMILES string of the molecule is CCn1ccnc1CN1C[C@H](c2cccc(F)c2F)[C@H]2[C@@H]1C1CCN2CC1. The Morgan fingerprint density at radius 1 is 1.15 bits per heavy atom. The summed E-state index contributed by atoms with van der Waals surface area (Å²) in [5, 5.41) is 0. The summed E-state index contributed by atoms with van der Waals surface area (Å²) in [5.74, 6) is 0.319. The Balaban J connectivity index is 1.51. The normalized spacial score (nSPS) is 32.8. The average Bonchev–Trinajstić information content (AvgIpc) is 3.31. The molecule has 0 spiro atoms. The molecular formula is C21H26F2N4. The summed E-state index contributed by atoms with van der Waals surface area (Å²) in [7, 11) is 0. The van der Waals surface area contributed by atoms with Crippen molar-refractivity contribution in [1.29, 1.82) is 0 Å². The first-order chi connectivity index (χ1) is 13.2. The summed E-state index contributed by atoms with van der Waals surface area (Å²) in [6, 6.07) is 5.32. The fraction of sp³-hybridized carbons (Fsp3) is 0.571. The van der Waals surface area contributed by atoms with E-state index in [4.69, 9.17) is 0 Å². The molecule has 144 valence electrons. The maximum absolute atomic E-state index is 14.6. The summed E-state index contributed by atoms with van der Waals surface area (Å²) in [5.41, 5.74) is 0.541. The second-order valence-corrected chi connectivity index (χ2v) is 8.16. The summed E-state index contributed by atoms with van der Waals surface area (Å²) in [4.78, 5) is 9.56. The monoisotopic (exact) mass is 372 g/mol. The Morgan fingerprint density at radius 2 is 1.96 bits per heavy atom. The van der Waals surface area contributed by atoms with Crippen molar-refractivity contribution in [2.45, 2.75) is 50.9 Å². The zero-order chi connectivity index (χ0) is 18.5. The molecule has 6 rings (SSSR count). The van der Waals surface area contributed by atoms with Crippen molar-refractivity contribution in [2.75, 3.05) is 19.6 Å². The van der Waals surface area contributed by atoms with Crippen molar-refractivity contribution in [3.63, 3.8) is 0 Å². The molecule has 0 radical (unpaired) electrons. The van der Waals surface area contributed by atoms with Gasteiger partial charge in [0.15, 0.2) is 11.6 Å². The molecule has 0 aliphatic carbocycles. The van der Waals surface area contributed by atoms with Crippen molar-refractivity contribution in [2.24, 2.45) is 5.92 Å². The van der Waals surface area contributed by atoms with E-state index in [0.29, 0.717) is 17.5 Å². The number of hydrogen-bond donors (Lipinski definition) is 0. The lowest BCUT2D eigenvalue weighted by atomic mass is 9.75. The van der Waals surface area contributed by atoms with Gasteiger partial charge in [0, 0.05) is 43.5 Å². The Morgan fingerprint density at radius 3 is 2.74 bits per heavy atom. The molecule has 6 heteroatoms. The van der Waals surface area contributed by atoms with Gasteiger partial charge in [-0.15, -0.1) is 0 Å². The number of fused-ring (bicyclic) bond motifs is 2. The van der Waals surface area contributed by atoms with Crippen LogP contribution in [0.2, 0.25) is 0 Å². The van der Waals surface area contributed by atoms with Crippen molar-refractivity contribution in [1.82, 2.24) is 19.4 Å². The summed E-state index contributed by atoms with van der Waals surface area (Å²) < 4.78 is 30.8. The highest BCUT2D eigenvalue weighted by atomic mass is 19.2.